The van der Waals surface area contributed by atoms with Crippen LogP contribution in [0.2, 0.25) is 0 Å². The fourth-order valence-corrected chi connectivity index (χ4v) is 1.88. The van der Waals surface area contributed by atoms with E-state index in [1.165, 1.54) is 13.2 Å². The van der Waals surface area contributed by atoms with Crippen LogP contribution in [0.4, 0.5) is 4.39 Å². The fraction of sp³-hybridized carbons (Fsp3) is 0.400. The van der Waals surface area contributed by atoms with Crippen molar-refractivity contribution in [3.63, 3.8) is 0 Å². The smallest absolute Gasteiger partial charge is 0.172 e. The number of hydrogen-bond acceptors (Lipinski definition) is 3. The molecule has 84 valence electrons. The third-order valence-electron chi connectivity index (χ3n) is 2.27. The highest BCUT2D eigenvalue weighted by molar-refractivity contribution is 9.10. The SMILES string of the molecule is COc1c(F)cc(C(C)CN)c(O)c1Br. The van der Waals surface area contributed by atoms with Gasteiger partial charge in [-0.3, -0.25) is 0 Å². The summed E-state index contributed by atoms with van der Waals surface area (Å²) in [5.74, 6) is -0.647. The van der Waals surface area contributed by atoms with Gasteiger partial charge in [0.25, 0.3) is 0 Å². The zero-order chi connectivity index (χ0) is 11.6. The summed E-state index contributed by atoms with van der Waals surface area (Å²) in [6.07, 6.45) is 0. The summed E-state index contributed by atoms with van der Waals surface area (Å²) in [6.45, 7) is 2.15. The van der Waals surface area contributed by atoms with Crippen molar-refractivity contribution in [2.24, 2.45) is 5.73 Å². The van der Waals surface area contributed by atoms with Crippen molar-refractivity contribution in [2.45, 2.75) is 12.8 Å². The van der Waals surface area contributed by atoms with Gasteiger partial charge in [0.2, 0.25) is 0 Å². The first-order valence-corrected chi connectivity index (χ1v) is 5.27. The number of methoxy groups -OCH3 is 1. The topological polar surface area (TPSA) is 55.5 Å². The van der Waals surface area contributed by atoms with E-state index in [0.717, 1.165) is 0 Å². The van der Waals surface area contributed by atoms with Crippen LogP contribution >= 0.6 is 15.9 Å². The van der Waals surface area contributed by atoms with Gasteiger partial charge in [-0.2, -0.15) is 0 Å². The van der Waals surface area contributed by atoms with Gasteiger partial charge in [-0.25, -0.2) is 4.39 Å². The minimum absolute atomic E-state index is 0.000437. The average molecular weight is 278 g/mol. The number of benzene rings is 1. The molecule has 0 heterocycles. The second kappa shape index (κ2) is 4.81. The van der Waals surface area contributed by atoms with Gasteiger partial charge in [0.1, 0.15) is 10.2 Å². The average Bonchev–Trinajstić information content (AvgIpc) is 2.23. The number of rotatable bonds is 3. The predicted molar refractivity (Wildman–Crippen MR) is 59.8 cm³/mol. The summed E-state index contributed by atoms with van der Waals surface area (Å²) in [4.78, 5) is 0. The van der Waals surface area contributed by atoms with Crippen molar-refractivity contribution in [3.05, 3.63) is 21.9 Å². The van der Waals surface area contributed by atoms with Gasteiger partial charge in [-0.15, -0.1) is 0 Å². The van der Waals surface area contributed by atoms with E-state index in [1.54, 1.807) is 0 Å². The van der Waals surface area contributed by atoms with Crippen LogP contribution in [0, 0.1) is 5.82 Å². The normalized spacial score (nSPS) is 12.6. The van der Waals surface area contributed by atoms with Crippen LogP contribution in [-0.4, -0.2) is 18.8 Å². The maximum atomic E-state index is 13.5. The highest BCUT2D eigenvalue weighted by Gasteiger charge is 2.19. The molecule has 3 N–H and O–H groups in total. The monoisotopic (exact) mass is 277 g/mol. The van der Waals surface area contributed by atoms with Crippen molar-refractivity contribution < 1.29 is 14.2 Å². The standard InChI is InChI=1S/C10H13BrFNO2/c1-5(4-13)6-3-7(12)10(15-2)8(11)9(6)14/h3,5,14H,4,13H2,1-2H3. The maximum Gasteiger partial charge on any atom is 0.172 e. The Morgan fingerprint density at radius 2 is 2.27 bits per heavy atom. The molecule has 15 heavy (non-hydrogen) atoms. The van der Waals surface area contributed by atoms with Gasteiger partial charge in [-0.05, 0) is 34.5 Å². The highest BCUT2D eigenvalue weighted by Crippen LogP contribution is 2.41. The zero-order valence-electron chi connectivity index (χ0n) is 8.55. The number of hydrogen-bond donors (Lipinski definition) is 2. The molecule has 0 aromatic heterocycles. The Balaban J connectivity index is 3.33. The van der Waals surface area contributed by atoms with Crippen LogP contribution in [0.15, 0.2) is 10.5 Å². The molecule has 0 saturated carbocycles. The highest BCUT2D eigenvalue weighted by atomic mass is 79.9. The van der Waals surface area contributed by atoms with Gasteiger partial charge >= 0.3 is 0 Å². The van der Waals surface area contributed by atoms with E-state index in [1.807, 2.05) is 6.92 Å². The Kier molecular flexibility index (Phi) is 3.93. The van der Waals surface area contributed by atoms with E-state index in [2.05, 4.69) is 15.9 Å². The summed E-state index contributed by atoms with van der Waals surface area (Å²) in [7, 11) is 1.34. The lowest BCUT2D eigenvalue weighted by atomic mass is 10.00. The molecular formula is C10H13BrFNO2. The Bertz CT molecular complexity index is 371. The van der Waals surface area contributed by atoms with E-state index in [4.69, 9.17) is 10.5 Å². The van der Waals surface area contributed by atoms with Crippen LogP contribution in [0.25, 0.3) is 0 Å². The van der Waals surface area contributed by atoms with Crippen molar-refractivity contribution in [1.29, 1.82) is 0 Å². The number of phenols is 1. The molecule has 0 saturated heterocycles. The van der Waals surface area contributed by atoms with Gasteiger partial charge in [-0.1, -0.05) is 6.92 Å². The molecule has 0 spiro atoms. The van der Waals surface area contributed by atoms with Crippen LogP contribution in [0.3, 0.4) is 0 Å². The summed E-state index contributed by atoms with van der Waals surface area (Å²) < 4.78 is 18.5. The molecule has 5 heteroatoms. The molecule has 1 rings (SSSR count). The fourth-order valence-electron chi connectivity index (χ4n) is 1.30. The van der Waals surface area contributed by atoms with E-state index in [-0.39, 0.29) is 21.9 Å². The van der Waals surface area contributed by atoms with E-state index < -0.39 is 5.82 Å². The molecule has 0 aliphatic heterocycles. The lowest BCUT2D eigenvalue weighted by molar-refractivity contribution is 0.374. The Morgan fingerprint density at radius 3 is 2.73 bits per heavy atom. The molecule has 0 fully saturated rings. The largest absolute Gasteiger partial charge is 0.506 e. The van der Waals surface area contributed by atoms with Gasteiger partial charge in [0, 0.05) is 5.56 Å². The minimum Gasteiger partial charge on any atom is -0.506 e. The summed E-state index contributed by atoms with van der Waals surface area (Å²) >= 11 is 3.08. The van der Waals surface area contributed by atoms with Crippen LogP contribution in [-0.2, 0) is 0 Å². The minimum atomic E-state index is -0.516. The Labute approximate surface area is 96.2 Å². The van der Waals surface area contributed by atoms with Gasteiger partial charge in [0.05, 0.1) is 7.11 Å². The van der Waals surface area contributed by atoms with Crippen LogP contribution < -0.4 is 10.5 Å². The number of ether oxygens (including phenoxy) is 1. The van der Waals surface area contributed by atoms with Crippen molar-refractivity contribution in [3.8, 4) is 11.5 Å². The molecule has 1 aromatic rings. The van der Waals surface area contributed by atoms with Crippen molar-refractivity contribution in [1.82, 2.24) is 0 Å². The molecule has 1 unspecified atom stereocenters. The number of aromatic hydroxyl groups is 1. The van der Waals surface area contributed by atoms with Crippen LogP contribution in [0.5, 0.6) is 11.5 Å². The quantitative estimate of drug-likeness (QED) is 0.892. The van der Waals surface area contributed by atoms with E-state index in [0.29, 0.717) is 12.1 Å². The number of phenolic OH excluding ortho intramolecular Hbond substituents is 1. The van der Waals surface area contributed by atoms with Crippen molar-refractivity contribution in [2.75, 3.05) is 13.7 Å². The molecule has 3 nitrogen and oxygen atoms in total. The first-order valence-electron chi connectivity index (χ1n) is 4.47. The summed E-state index contributed by atoms with van der Waals surface area (Å²) in [6, 6.07) is 1.25. The molecule has 0 radical (unpaired) electrons. The second-order valence-corrected chi connectivity index (χ2v) is 4.07. The van der Waals surface area contributed by atoms with E-state index in [9.17, 15) is 9.50 Å². The maximum absolute atomic E-state index is 13.5. The lowest BCUT2D eigenvalue weighted by Gasteiger charge is -2.15. The first kappa shape index (κ1) is 12.3. The molecule has 1 aromatic carbocycles. The molecule has 0 aliphatic carbocycles. The third kappa shape index (κ3) is 2.23. The molecule has 0 aliphatic rings. The zero-order valence-corrected chi connectivity index (χ0v) is 10.1. The number of halogens is 2. The Hall–Kier alpha value is -0.810. The molecule has 1 atom stereocenters. The Morgan fingerprint density at radius 1 is 1.67 bits per heavy atom. The second-order valence-electron chi connectivity index (χ2n) is 3.28. The van der Waals surface area contributed by atoms with Crippen LogP contribution in [0.1, 0.15) is 18.4 Å². The van der Waals surface area contributed by atoms with Gasteiger partial charge in [0.15, 0.2) is 11.6 Å². The molecule has 0 amide bonds. The molecule has 0 bridgehead atoms. The summed E-state index contributed by atoms with van der Waals surface area (Å²) in [5.41, 5.74) is 5.94. The first-order chi connectivity index (χ1) is 7.02. The van der Waals surface area contributed by atoms with E-state index >= 15 is 0 Å². The number of nitrogens with two attached hydrogens (primary N) is 1. The summed E-state index contributed by atoms with van der Waals surface area (Å²) in [5, 5.41) is 9.79. The van der Waals surface area contributed by atoms with Crippen molar-refractivity contribution >= 4 is 15.9 Å². The predicted octanol–water partition coefficient (Wildman–Crippen LogP) is 2.36. The molecular weight excluding hydrogens is 265 g/mol. The lowest BCUT2D eigenvalue weighted by Crippen LogP contribution is -2.09. The van der Waals surface area contributed by atoms with Gasteiger partial charge < -0.3 is 15.6 Å². The third-order valence-corrected chi connectivity index (χ3v) is 3.00.